The number of amides is 2. The van der Waals surface area contributed by atoms with Gasteiger partial charge in [0.15, 0.2) is 5.17 Å². The molecule has 0 spiro atoms. The van der Waals surface area contributed by atoms with Crippen molar-refractivity contribution < 1.29 is 14.4 Å². The first-order chi connectivity index (χ1) is 8.18. The van der Waals surface area contributed by atoms with E-state index in [-0.39, 0.29) is 23.4 Å². The van der Waals surface area contributed by atoms with Crippen LogP contribution in [0.5, 0.6) is 0 Å². The molecule has 1 atom stereocenters. The van der Waals surface area contributed by atoms with E-state index in [4.69, 9.17) is 16.4 Å². The SMILES string of the molecule is O=C1c2ccccc2C(=O)N1C1CC(Cl)=NO1. The lowest BCUT2D eigenvalue weighted by Gasteiger charge is -2.18. The Hall–Kier alpha value is -1.88. The van der Waals surface area contributed by atoms with Gasteiger partial charge < -0.3 is 4.84 Å². The third-order valence-electron chi connectivity index (χ3n) is 2.73. The molecular formula is C11H7ClN2O3. The molecular weight excluding hydrogens is 244 g/mol. The van der Waals surface area contributed by atoms with Gasteiger partial charge in [-0.1, -0.05) is 28.9 Å². The van der Waals surface area contributed by atoms with E-state index < -0.39 is 6.23 Å². The summed E-state index contributed by atoms with van der Waals surface area (Å²) in [5, 5.41) is 3.79. The minimum Gasteiger partial charge on any atom is -0.368 e. The monoisotopic (exact) mass is 250 g/mol. The lowest BCUT2D eigenvalue weighted by atomic mass is 10.1. The summed E-state index contributed by atoms with van der Waals surface area (Å²) in [7, 11) is 0. The van der Waals surface area contributed by atoms with Crippen molar-refractivity contribution in [3.8, 4) is 0 Å². The van der Waals surface area contributed by atoms with Crippen LogP contribution >= 0.6 is 11.6 Å². The smallest absolute Gasteiger partial charge is 0.264 e. The lowest BCUT2D eigenvalue weighted by Crippen LogP contribution is -2.39. The van der Waals surface area contributed by atoms with Gasteiger partial charge in [-0.25, -0.2) is 4.90 Å². The highest BCUT2D eigenvalue weighted by Crippen LogP contribution is 2.28. The fourth-order valence-electron chi connectivity index (χ4n) is 1.94. The van der Waals surface area contributed by atoms with Gasteiger partial charge in [0, 0.05) is 0 Å². The zero-order valence-electron chi connectivity index (χ0n) is 8.59. The number of hydrogen-bond donors (Lipinski definition) is 0. The van der Waals surface area contributed by atoms with Crippen molar-refractivity contribution in [2.24, 2.45) is 5.16 Å². The second kappa shape index (κ2) is 3.56. The summed E-state index contributed by atoms with van der Waals surface area (Å²) in [6.07, 6.45) is -0.484. The maximum atomic E-state index is 12.0. The summed E-state index contributed by atoms with van der Waals surface area (Å²) in [6, 6.07) is 6.67. The van der Waals surface area contributed by atoms with Crippen LogP contribution in [0.4, 0.5) is 0 Å². The van der Waals surface area contributed by atoms with Crippen molar-refractivity contribution >= 4 is 28.6 Å². The second-order valence-electron chi connectivity index (χ2n) is 3.76. The van der Waals surface area contributed by atoms with Crippen LogP contribution in [-0.2, 0) is 4.84 Å². The van der Waals surface area contributed by atoms with Gasteiger partial charge >= 0.3 is 0 Å². The summed E-state index contributed by atoms with van der Waals surface area (Å²) in [5.41, 5.74) is 0.785. The minimum atomic E-state index is -0.727. The zero-order chi connectivity index (χ0) is 12.0. The molecule has 0 saturated heterocycles. The van der Waals surface area contributed by atoms with Gasteiger partial charge in [-0.3, -0.25) is 9.59 Å². The molecule has 3 rings (SSSR count). The molecule has 1 unspecified atom stereocenters. The van der Waals surface area contributed by atoms with E-state index in [0.717, 1.165) is 4.90 Å². The van der Waals surface area contributed by atoms with E-state index >= 15 is 0 Å². The van der Waals surface area contributed by atoms with E-state index in [9.17, 15) is 9.59 Å². The second-order valence-corrected chi connectivity index (χ2v) is 4.19. The molecule has 17 heavy (non-hydrogen) atoms. The van der Waals surface area contributed by atoms with Crippen molar-refractivity contribution in [1.29, 1.82) is 0 Å². The van der Waals surface area contributed by atoms with Crippen LogP contribution in [0.25, 0.3) is 0 Å². The number of nitrogens with zero attached hydrogens (tertiary/aromatic N) is 2. The van der Waals surface area contributed by atoms with Gasteiger partial charge in [0.1, 0.15) is 0 Å². The molecule has 2 amide bonds. The Morgan fingerprint density at radius 3 is 2.29 bits per heavy atom. The molecule has 0 aliphatic carbocycles. The number of oxime groups is 1. The molecule has 0 aromatic heterocycles. The van der Waals surface area contributed by atoms with Gasteiger partial charge in [-0.05, 0) is 12.1 Å². The normalized spacial score (nSPS) is 22.5. The Balaban J connectivity index is 1.96. The molecule has 6 heteroatoms. The van der Waals surface area contributed by atoms with Gasteiger partial charge in [0.25, 0.3) is 11.8 Å². The number of benzene rings is 1. The summed E-state index contributed by atoms with van der Waals surface area (Å²) in [4.78, 5) is 30.1. The van der Waals surface area contributed by atoms with E-state index in [1.165, 1.54) is 0 Å². The Labute approximate surface area is 102 Å². The fourth-order valence-corrected chi connectivity index (χ4v) is 2.12. The third kappa shape index (κ3) is 1.43. The summed E-state index contributed by atoms with van der Waals surface area (Å²) in [6.45, 7) is 0. The summed E-state index contributed by atoms with van der Waals surface area (Å²) >= 11 is 5.67. The van der Waals surface area contributed by atoms with Gasteiger partial charge in [-0.15, -0.1) is 0 Å². The number of imide groups is 1. The topological polar surface area (TPSA) is 59.0 Å². The largest absolute Gasteiger partial charge is 0.368 e. The molecule has 2 aliphatic rings. The molecule has 0 saturated carbocycles. The summed E-state index contributed by atoms with van der Waals surface area (Å²) in [5.74, 6) is -0.727. The van der Waals surface area contributed by atoms with Crippen LogP contribution in [-0.4, -0.2) is 28.1 Å². The molecule has 0 fully saturated rings. The van der Waals surface area contributed by atoms with Crippen LogP contribution in [0.2, 0.25) is 0 Å². The maximum absolute atomic E-state index is 12.0. The molecule has 2 heterocycles. The van der Waals surface area contributed by atoms with Crippen molar-refractivity contribution in [1.82, 2.24) is 4.90 Å². The number of hydrogen-bond acceptors (Lipinski definition) is 4. The van der Waals surface area contributed by atoms with Crippen molar-refractivity contribution in [2.75, 3.05) is 0 Å². The molecule has 0 radical (unpaired) electrons. The Kier molecular flexibility index (Phi) is 2.16. The number of carbonyl (C=O) groups is 2. The van der Waals surface area contributed by atoms with Crippen LogP contribution < -0.4 is 0 Å². The molecule has 0 N–H and O–H groups in total. The highest BCUT2D eigenvalue weighted by molar-refractivity contribution is 6.65. The van der Waals surface area contributed by atoms with Crippen molar-refractivity contribution in [3.63, 3.8) is 0 Å². The quantitative estimate of drug-likeness (QED) is 0.711. The van der Waals surface area contributed by atoms with Gasteiger partial charge in [-0.2, -0.15) is 0 Å². The number of carbonyl (C=O) groups excluding carboxylic acids is 2. The zero-order valence-corrected chi connectivity index (χ0v) is 9.35. The average Bonchev–Trinajstić information content (AvgIpc) is 2.84. The first-order valence-electron chi connectivity index (χ1n) is 5.03. The van der Waals surface area contributed by atoms with E-state index in [2.05, 4.69) is 5.16 Å². The van der Waals surface area contributed by atoms with Crippen LogP contribution in [0.15, 0.2) is 29.4 Å². The number of fused-ring (bicyclic) bond motifs is 1. The average molecular weight is 251 g/mol. The predicted molar refractivity (Wildman–Crippen MR) is 59.7 cm³/mol. The molecule has 5 nitrogen and oxygen atoms in total. The van der Waals surface area contributed by atoms with Crippen molar-refractivity contribution in [3.05, 3.63) is 35.4 Å². The highest BCUT2D eigenvalue weighted by atomic mass is 35.5. The van der Waals surface area contributed by atoms with Crippen molar-refractivity contribution in [2.45, 2.75) is 12.6 Å². The Morgan fingerprint density at radius 1 is 1.24 bits per heavy atom. The minimum absolute atomic E-state index is 0.243. The Morgan fingerprint density at radius 2 is 1.82 bits per heavy atom. The van der Waals surface area contributed by atoms with Crippen LogP contribution in [0.1, 0.15) is 27.1 Å². The first kappa shape index (κ1) is 10.3. The van der Waals surface area contributed by atoms with E-state index in [1.807, 2.05) is 0 Å². The maximum Gasteiger partial charge on any atom is 0.264 e. The highest BCUT2D eigenvalue weighted by Gasteiger charge is 2.42. The standard InChI is InChI=1S/C11H7ClN2O3/c12-8-5-9(17-13-8)14-10(15)6-3-1-2-4-7(6)11(14)16/h1-4,9H,5H2. The van der Waals surface area contributed by atoms with E-state index in [1.54, 1.807) is 24.3 Å². The third-order valence-corrected chi connectivity index (χ3v) is 2.95. The molecule has 1 aromatic rings. The molecule has 1 aromatic carbocycles. The predicted octanol–water partition coefficient (Wildman–Crippen LogP) is 1.58. The molecule has 2 aliphatic heterocycles. The number of rotatable bonds is 1. The van der Waals surface area contributed by atoms with Gasteiger partial charge in [0.05, 0.1) is 17.5 Å². The van der Waals surface area contributed by atoms with E-state index in [0.29, 0.717) is 11.1 Å². The molecule has 86 valence electrons. The Bertz CT molecular complexity index is 520. The van der Waals surface area contributed by atoms with Crippen LogP contribution in [0, 0.1) is 0 Å². The fraction of sp³-hybridized carbons (Fsp3) is 0.182. The molecule has 0 bridgehead atoms. The first-order valence-corrected chi connectivity index (χ1v) is 5.41. The summed E-state index contributed by atoms with van der Waals surface area (Å²) < 4.78 is 0. The lowest BCUT2D eigenvalue weighted by molar-refractivity contribution is -0.0143. The van der Waals surface area contributed by atoms with Gasteiger partial charge in [0.2, 0.25) is 6.23 Å². The number of halogens is 1. The van der Waals surface area contributed by atoms with Crippen LogP contribution in [0.3, 0.4) is 0 Å².